The van der Waals surface area contributed by atoms with Crippen molar-refractivity contribution in [3.63, 3.8) is 0 Å². The lowest BCUT2D eigenvalue weighted by atomic mass is 9.98. The van der Waals surface area contributed by atoms with E-state index in [9.17, 15) is 0 Å². The standard InChI is InChI=1S/C19H22ClN3O2/c1-24-15-7-14(8-16(9-15)25-2)13-5-6-23(11-13)18-10-17(20)21-19(22-18)12-3-4-12/h7-10,12-13H,3-6,11H2,1-2H3. The number of benzene rings is 1. The topological polar surface area (TPSA) is 47.5 Å². The van der Waals surface area contributed by atoms with Crippen molar-refractivity contribution in [3.05, 3.63) is 40.8 Å². The average Bonchev–Trinajstić information content (AvgIpc) is 3.37. The Labute approximate surface area is 152 Å². The van der Waals surface area contributed by atoms with Crippen LogP contribution in [0.5, 0.6) is 11.5 Å². The largest absolute Gasteiger partial charge is 0.497 e. The summed E-state index contributed by atoms with van der Waals surface area (Å²) in [6.45, 7) is 1.87. The Balaban J connectivity index is 1.55. The molecule has 1 saturated heterocycles. The molecule has 1 saturated carbocycles. The van der Waals surface area contributed by atoms with Gasteiger partial charge in [0.15, 0.2) is 0 Å². The summed E-state index contributed by atoms with van der Waals surface area (Å²) in [4.78, 5) is 11.4. The van der Waals surface area contributed by atoms with Gasteiger partial charge in [-0.3, -0.25) is 0 Å². The van der Waals surface area contributed by atoms with Crippen LogP contribution in [-0.4, -0.2) is 37.3 Å². The highest BCUT2D eigenvalue weighted by Crippen LogP contribution is 2.40. The molecular formula is C19H22ClN3O2. The molecule has 25 heavy (non-hydrogen) atoms. The molecule has 132 valence electrons. The van der Waals surface area contributed by atoms with Crippen LogP contribution in [0.2, 0.25) is 5.15 Å². The SMILES string of the molecule is COc1cc(OC)cc(C2CCN(c3cc(Cl)nc(C4CC4)n3)C2)c1. The fourth-order valence-electron chi connectivity index (χ4n) is 3.41. The molecule has 2 aromatic rings. The van der Waals surface area contributed by atoms with E-state index in [0.29, 0.717) is 17.0 Å². The number of rotatable bonds is 5. The smallest absolute Gasteiger partial charge is 0.135 e. The van der Waals surface area contributed by atoms with Gasteiger partial charge in [0.2, 0.25) is 0 Å². The molecule has 0 spiro atoms. The number of ether oxygens (including phenoxy) is 2. The minimum atomic E-state index is 0.419. The van der Waals surface area contributed by atoms with Gasteiger partial charge in [-0.15, -0.1) is 0 Å². The maximum Gasteiger partial charge on any atom is 0.135 e. The van der Waals surface area contributed by atoms with Gasteiger partial charge in [0, 0.05) is 37.1 Å². The minimum absolute atomic E-state index is 0.419. The molecule has 2 fully saturated rings. The van der Waals surface area contributed by atoms with E-state index < -0.39 is 0 Å². The van der Waals surface area contributed by atoms with Crippen LogP contribution in [0.4, 0.5) is 5.82 Å². The van der Waals surface area contributed by atoms with Crippen LogP contribution in [0.1, 0.15) is 42.5 Å². The number of hydrogen-bond acceptors (Lipinski definition) is 5. The van der Waals surface area contributed by atoms with E-state index in [-0.39, 0.29) is 0 Å². The van der Waals surface area contributed by atoms with Crippen LogP contribution in [0.15, 0.2) is 24.3 Å². The summed E-state index contributed by atoms with van der Waals surface area (Å²) in [6, 6.07) is 7.98. The van der Waals surface area contributed by atoms with Gasteiger partial charge in [-0.1, -0.05) is 11.6 Å². The van der Waals surface area contributed by atoms with E-state index in [1.807, 2.05) is 12.1 Å². The van der Waals surface area contributed by atoms with Crippen molar-refractivity contribution in [1.82, 2.24) is 9.97 Å². The van der Waals surface area contributed by atoms with Gasteiger partial charge in [-0.25, -0.2) is 9.97 Å². The zero-order chi connectivity index (χ0) is 17.4. The molecule has 2 heterocycles. The summed E-state index contributed by atoms with van der Waals surface area (Å²) in [5.41, 5.74) is 1.24. The van der Waals surface area contributed by atoms with Gasteiger partial charge in [0.25, 0.3) is 0 Å². The second-order valence-corrected chi connectivity index (χ2v) is 7.15. The molecule has 0 bridgehead atoms. The van der Waals surface area contributed by atoms with Gasteiger partial charge in [0.1, 0.15) is 28.3 Å². The highest BCUT2D eigenvalue weighted by molar-refractivity contribution is 6.29. The maximum absolute atomic E-state index is 6.22. The van der Waals surface area contributed by atoms with Crippen LogP contribution >= 0.6 is 11.6 Å². The van der Waals surface area contributed by atoms with Crippen molar-refractivity contribution in [3.8, 4) is 11.5 Å². The first kappa shape index (κ1) is 16.5. The van der Waals surface area contributed by atoms with Crippen molar-refractivity contribution in [1.29, 1.82) is 0 Å². The summed E-state index contributed by atoms with van der Waals surface area (Å²) < 4.78 is 10.8. The molecular weight excluding hydrogens is 338 g/mol. The number of halogens is 1. The fraction of sp³-hybridized carbons (Fsp3) is 0.474. The van der Waals surface area contributed by atoms with Crippen LogP contribution < -0.4 is 14.4 Å². The van der Waals surface area contributed by atoms with Crippen LogP contribution in [0.3, 0.4) is 0 Å². The molecule has 1 unspecified atom stereocenters. The summed E-state index contributed by atoms with van der Waals surface area (Å²) >= 11 is 6.22. The van der Waals surface area contributed by atoms with Crippen molar-refractivity contribution in [2.75, 3.05) is 32.2 Å². The van der Waals surface area contributed by atoms with Gasteiger partial charge in [0.05, 0.1) is 14.2 Å². The fourth-order valence-corrected chi connectivity index (χ4v) is 3.60. The first-order valence-electron chi connectivity index (χ1n) is 8.68. The third-order valence-corrected chi connectivity index (χ3v) is 5.19. The molecule has 0 N–H and O–H groups in total. The zero-order valence-electron chi connectivity index (χ0n) is 14.5. The Morgan fingerprint density at radius 2 is 1.68 bits per heavy atom. The van der Waals surface area contributed by atoms with Crippen molar-refractivity contribution in [2.45, 2.75) is 31.1 Å². The van der Waals surface area contributed by atoms with E-state index in [2.05, 4.69) is 22.0 Å². The lowest BCUT2D eigenvalue weighted by molar-refractivity contribution is 0.393. The summed E-state index contributed by atoms with van der Waals surface area (Å²) in [6.07, 6.45) is 3.41. The third kappa shape index (κ3) is 3.52. The Morgan fingerprint density at radius 1 is 0.960 bits per heavy atom. The Morgan fingerprint density at radius 3 is 2.32 bits per heavy atom. The first-order valence-corrected chi connectivity index (χ1v) is 9.06. The molecule has 0 radical (unpaired) electrons. The van der Waals surface area contributed by atoms with Crippen LogP contribution in [0, 0.1) is 0 Å². The van der Waals surface area contributed by atoms with E-state index >= 15 is 0 Å². The third-order valence-electron chi connectivity index (χ3n) is 5.00. The minimum Gasteiger partial charge on any atom is -0.497 e. The quantitative estimate of drug-likeness (QED) is 0.754. The summed E-state index contributed by atoms with van der Waals surface area (Å²) in [5, 5.41) is 0.540. The van der Waals surface area contributed by atoms with Gasteiger partial charge in [-0.05, 0) is 37.0 Å². The van der Waals surface area contributed by atoms with Gasteiger partial charge in [-0.2, -0.15) is 0 Å². The number of anilines is 1. The molecule has 1 aromatic heterocycles. The normalized spacial score (nSPS) is 20.0. The molecule has 1 atom stereocenters. The van der Waals surface area contributed by atoms with Gasteiger partial charge < -0.3 is 14.4 Å². The highest BCUT2D eigenvalue weighted by Gasteiger charge is 2.30. The number of methoxy groups -OCH3 is 2. The van der Waals surface area contributed by atoms with E-state index in [1.165, 1.54) is 18.4 Å². The maximum atomic E-state index is 6.22. The zero-order valence-corrected chi connectivity index (χ0v) is 15.3. The number of hydrogen-bond donors (Lipinski definition) is 0. The Hall–Kier alpha value is -2.01. The van der Waals surface area contributed by atoms with Crippen molar-refractivity contribution < 1.29 is 9.47 Å². The van der Waals surface area contributed by atoms with Crippen LogP contribution in [0.25, 0.3) is 0 Å². The summed E-state index contributed by atoms with van der Waals surface area (Å²) in [7, 11) is 3.36. The molecule has 1 aliphatic heterocycles. The predicted octanol–water partition coefficient (Wildman–Crippen LogP) is 4.02. The Kier molecular flexibility index (Phi) is 4.42. The number of aromatic nitrogens is 2. The lowest BCUT2D eigenvalue weighted by Crippen LogP contribution is -2.21. The molecule has 4 rings (SSSR count). The molecule has 0 amide bonds. The van der Waals surface area contributed by atoms with Crippen LogP contribution in [-0.2, 0) is 0 Å². The van der Waals surface area contributed by atoms with E-state index in [0.717, 1.165) is 42.7 Å². The van der Waals surface area contributed by atoms with Gasteiger partial charge >= 0.3 is 0 Å². The van der Waals surface area contributed by atoms with E-state index in [4.69, 9.17) is 26.1 Å². The lowest BCUT2D eigenvalue weighted by Gasteiger charge is -2.19. The number of nitrogens with zero attached hydrogens (tertiary/aromatic N) is 3. The van der Waals surface area contributed by atoms with Crippen molar-refractivity contribution in [2.24, 2.45) is 0 Å². The summed E-state index contributed by atoms with van der Waals surface area (Å²) in [5.74, 6) is 4.41. The predicted molar refractivity (Wildman–Crippen MR) is 98.1 cm³/mol. The average molecular weight is 360 g/mol. The van der Waals surface area contributed by atoms with E-state index in [1.54, 1.807) is 14.2 Å². The second-order valence-electron chi connectivity index (χ2n) is 6.76. The Bertz CT molecular complexity index is 749. The highest BCUT2D eigenvalue weighted by atomic mass is 35.5. The second kappa shape index (κ2) is 6.71. The molecule has 6 heteroatoms. The van der Waals surface area contributed by atoms with Crippen molar-refractivity contribution >= 4 is 17.4 Å². The molecule has 1 aliphatic carbocycles. The molecule has 2 aliphatic rings. The molecule has 1 aromatic carbocycles. The monoisotopic (exact) mass is 359 g/mol. The first-order chi connectivity index (χ1) is 12.2. The molecule has 5 nitrogen and oxygen atoms in total.